The van der Waals surface area contributed by atoms with Crippen molar-refractivity contribution in [3.05, 3.63) is 71.1 Å². The van der Waals surface area contributed by atoms with Crippen molar-refractivity contribution in [2.45, 2.75) is 26.0 Å². The fraction of sp³-hybridized carbons (Fsp3) is 0.273. The lowest BCUT2D eigenvalue weighted by atomic mass is 10.0. The van der Waals surface area contributed by atoms with E-state index in [1.807, 2.05) is 19.1 Å². The zero-order valence-corrected chi connectivity index (χ0v) is 17.9. The molecule has 1 unspecified atom stereocenters. The highest BCUT2D eigenvalue weighted by molar-refractivity contribution is 6.31. The smallest absolute Gasteiger partial charge is 0.171 e. The van der Waals surface area contributed by atoms with Gasteiger partial charge in [0.2, 0.25) is 0 Å². The molecular weight excluding hydrogens is 426 g/mol. The lowest BCUT2D eigenvalue weighted by Gasteiger charge is -2.23. The highest BCUT2D eigenvalue weighted by Gasteiger charge is 2.15. The standard InChI is InChI=1S/C22H23ClF2N4O2/c1-3-18(30)13-29(31-2)12-14-4-5-19(15-9-16(24)11-17(25)10-15)20(8-14)28-22-21(23)26-6-7-27-22/h4-11,18,30H,3,12-13H2,1-2H3,(H,27,28). The normalized spacial score (nSPS) is 12.2. The van der Waals surface area contributed by atoms with Crippen LogP contribution in [0.1, 0.15) is 18.9 Å². The summed E-state index contributed by atoms with van der Waals surface area (Å²) in [5.41, 5.74) is 2.29. The van der Waals surface area contributed by atoms with Gasteiger partial charge in [0.25, 0.3) is 0 Å². The number of hydrogen-bond acceptors (Lipinski definition) is 6. The van der Waals surface area contributed by atoms with Gasteiger partial charge < -0.3 is 15.3 Å². The van der Waals surface area contributed by atoms with Crippen LogP contribution in [0, 0.1) is 11.6 Å². The average molecular weight is 449 g/mol. The minimum absolute atomic E-state index is 0.161. The summed E-state index contributed by atoms with van der Waals surface area (Å²) in [5.74, 6) is -1.05. The molecule has 0 bridgehead atoms. The van der Waals surface area contributed by atoms with Crippen LogP contribution < -0.4 is 5.32 Å². The second-order valence-corrected chi connectivity index (χ2v) is 7.28. The summed E-state index contributed by atoms with van der Waals surface area (Å²) >= 11 is 6.13. The Bertz CT molecular complexity index is 1020. The van der Waals surface area contributed by atoms with Crippen molar-refractivity contribution in [3.8, 4) is 11.1 Å². The number of benzene rings is 2. The van der Waals surface area contributed by atoms with Crippen molar-refractivity contribution in [1.29, 1.82) is 0 Å². The van der Waals surface area contributed by atoms with Gasteiger partial charge in [-0.15, -0.1) is 0 Å². The van der Waals surface area contributed by atoms with E-state index in [9.17, 15) is 13.9 Å². The molecule has 0 amide bonds. The first-order valence-corrected chi connectivity index (χ1v) is 10.1. The predicted octanol–water partition coefficient (Wildman–Crippen LogP) is 4.95. The molecule has 0 aliphatic carbocycles. The van der Waals surface area contributed by atoms with E-state index in [0.717, 1.165) is 11.6 Å². The van der Waals surface area contributed by atoms with E-state index in [1.165, 1.54) is 31.6 Å². The third-order valence-electron chi connectivity index (χ3n) is 4.67. The van der Waals surface area contributed by atoms with Gasteiger partial charge in [0.1, 0.15) is 11.6 Å². The van der Waals surface area contributed by atoms with Crippen molar-refractivity contribution < 1.29 is 18.7 Å². The second-order valence-electron chi connectivity index (χ2n) is 6.93. The molecule has 2 N–H and O–H groups in total. The summed E-state index contributed by atoms with van der Waals surface area (Å²) in [5, 5.41) is 14.8. The molecule has 1 aromatic heterocycles. The molecule has 3 rings (SSSR count). The van der Waals surface area contributed by atoms with E-state index in [-0.39, 0.29) is 5.15 Å². The minimum atomic E-state index is -0.679. The van der Waals surface area contributed by atoms with Crippen molar-refractivity contribution >= 4 is 23.1 Å². The number of hydroxylamine groups is 2. The Morgan fingerprint density at radius 2 is 1.84 bits per heavy atom. The number of rotatable bonds is 9. The van der Waals surface area contributed by atoms with Gasteiger partial charge in [-0.1, -0.05) is 30.7 Å². The van der Waals surface area contributed by atoms with Crippen LogP contribution >= 0.6 is 11.6 Å². The molecule has 2 aromatic carbocycles. The van der Waals surface area contributed by atoms with E-state index in [4.69, 9.17) is 16.4 Å². The van der Waals surface area contributed by atoms with Crippen LogP contribution in [0.25, 0.3) is 11.1 Å². The Balaban J connectivity index is 1.99. The van der Waals surface area contributed by atoms with Crippen LogP contribution in [0.5, 0.6) is 0 Å². The van der Waals surface area contributed by atoms with Gasteiger partial charge in [-0.2, -0.15) is 5.06 Å². The van der Waals surface area contributed by atoms with Crippen molar-refractivity contribution in [2.75, 3.05) is 19.0 Å². The third kappa shape index (κ3) is 6.18. The van der Waals surface area contributed by atoms with E-state index < -0.39 is 17.7 Å². The number of aliphatic hydroxyl groups excluding tert-OH is 1. The summed E-state index contributed by atoms with van der Waals surface area (Å²) in [7, 11) is 1.53. The maximum absolute atomic E-state index is 13.8. The zero-order chi connectivity index (χ0) is 22.4. The van der Waals surface area contributed by atoms with E-state index in [2.05, 4.69) is 15.3 Å². The molecular formula is C22H23ClF2N4O2. The SMILES string of the molecule is CCC(O)CN(Cc1ccc(-c2cc(F)cc(F)c2)c(Nc2nccnc2Cl)c1)OC. The third-order valence-corrected chi connectivity index (χ3v) is 4.94. The fourth-order valence-electron chi connectivity index (χ4n) is 3.06. The molecule has 31 heavy (non-hydrogen) atoms. The summed E-state index contributed by atoms with van der Waals surface area (Å²) in [6.45, 7) is 2.61. The summed E-state index contributed by atoms with van der Waals surface area (Å²) < 4.78 is 27.7. The Labute approximate surface area is 184 Å². The molecule has 0 saturated heterocycles. The zero-order valence-electron chi connectivity index (χ0n) is 17.1. The summed E-state index contributed by atoms with van der Waals surface area (Å²) in [6.07, 6.45) is 3.02. The number of hydrogen-bond donors (Lipinski definition) is 2. The van der Waals surface area contributed by atoms with Gasteiger partial charge in [0.15, 0.2) is 11.0 Å². The van der Waals surface area contributed by atoms with Crippen LogP contribution in [0.15, 0.2) is 48.8 Å². The van der Waals surface area contributed by atoms with E-state index in [0.29, 0.717) is 42.1 Å². The molecule has 3 aromatic rings. The lowest BCUT2D eigenvalue weighted by molar-refractivity contribution is -0.155. The number of nitrogens with one attached hydrogen (secondary N) is 1. The minimum Gasteiger partial charge on any atom is -0.392 e. The van der Waals surface area contributed by atoms with Gasteiger partial charge in [0.05, 0.1) is 19.8 Å². The van der Waals surface area contributed by atoms with Crippen molar-refractivity contribution in [1.82, 2.24) is 15.0 Å². The number of aromatic nitrogens is 2. The van der Waals surface area contributed by atoms with Gasteiger partial charge >= 0.3 is 0 Å². The van der Waals surface area contributed by atoms with Crippen molar-refractivity contribution in [3.63, 3.8) is 0 Å². The predicted molar refractivity (Wildman–Crippen MR) is 116 cm³/mol. The first-order chi connectivity index (χ1) is 14.9. The molecule has 164 valence electrons. The fourth-order valence-corrected chi connectivity index (χ4v) is 3.21. The Hall–Kier alpha value is -2.65. The van der Waals surface area contributed by atoms with E-state index >= 15 is 0 Å². The van der Waals surface area contributed by atoms with Crippen molar-refractivity contribution in [2.24, 2.45) is 0 Å². The quantitative estimate of drug-likeness (QED) is 0.451. The molecule has 1 atom stereocenters. The first kappa shape index (κ1) is 23.0. The molecule has 0 spiro atoms. The van der Waals surface area contributed by atoms with Gasteiger partial charge in [-0.25, -0.2) is 18.7 Å². The Kier molecular flexibility index (Phi) is 7.86. The number of halogens is 3. The van der Waals surface area contributed by atoms with E-state index in [1.54, 1.807) is 11.1 Å². The van der Waals surface area contributed by atoms with Gasteiger partial charge in [-0.05, 0) is 35.7 Å². The monoisotopic (exact) mass is 448 g/mol. The molecule has 1 heterocycles. The van der Waals surface area contributed by atoms with Gasteiger partial charge in [-0.3, -0.25) is 0 Å². The highest BCUT2D eigenvalue weighted by atomic mass is 35.5. The lowest BCUT2D eigenvalue weighted by Crippen LogP contribution is -2.30. The molecule has 0 aliphatic heterocycles. The molecule has 0 aliphatic rings. The second kappa shape index (κ2) is 10.6. The number of aliphatic hydroxyl groups is 1. The van der Waals surface area contributed by atoms with Gasteiger partial charge in [0, 0.05) is 36.3 Å². The summed E-state index contributed by atoms with van der Waals surface area (Å²) in [6, 6.07) is 8.71. The maximum Gasteiger partial charge on any atom is 0.171 e. The molecule has 6 nitrogen and oxygen atoms in total. The highest BCUT2D eigenvalue weighted by Crippen LogP contribution is 2.33. The van der Waals surface area contributed by atoms with Crippen LogP contribution in [0.4, 0.5) is 20.3 Å². The summed E-state index contributed by atoms with van der Waals surface area (Å²) in [4.78, 5) is 13.5. The molecule has 0 radical (unpaired) electrons. The molecule has 9 heteroatoms. The van der Waals surface area contributed by atoms with Crippen LogP contribution in [0.2, 0.25) is 5.15 Å². The molecule has 0 saturated carbocycles. The largest absolute Gasteiger partial charge is 0.392 e. The molecule has 0 fully saturated rings. The van der Waals surface area contributed by atoms with Crippen LogP contribution in [0.3, 0.4) is 0 Å². The number of nitrogens with zero attached hydrogens (tertiary/aromatic N) is 3. The van der Waals surface area contributed by atoms with Crippen LogP contribution in [-0.4, -0.2) is 39.9 Å². The Morgan fingerprint density at radius 1 is 1.13 bits per heavy atom. The maximum atomic E-state index is 13.8. The average Bonchev–Trinajstić information content (AvgIpc) is 2.74. The topological polar surface area (TPSA) is 70.5 Å². The number of anilines is 2. The Morgan fingerprint density at radius 3 is 2.48 bits per heavy atom. The van der Waals surface area contributed by atoms with Crippen LogP contribution in [-0.2, 0) is 11.4 Å². The first-order valence-electron chi connectivity index (χ1n) is 9.69.